The van der Waals surface area contributed by atoms with Gasteiger partial charge in [-0.3, -0.25) is 9.59 Å². The van der Waals surface area contributed by atoms with Crippen molar-refractivity contribution in [2.24, 2.45) is 11.8 Å². The summed E-state index contributed by atoms with van der Waals surface area (Å²) in [5.41, 5.74) is 2.17. The van der Waals surface area contributed by atoms with Crippen LogP contribution >= 0.6 is 11.3 Å². The lowest BCUT2D eigenvalue weighted by molar-refractivity contribution is -0.130. The van der Waals surface area contributed by atoms with E-state index in [1.165, 1.54) is 11.3 Å². The lowest BCUT2D eigenvalue weighted by Gasteiger charge is -2.30. The van der Waals surface area contributed by atoms with Gasteiger partial charge >= 0.3 is 0 Å². The zero-order valence-corrected chi connectivity index (χ0v) is 17.6. The van der Waals surface area contributed by atoms with Gasteiger partial charge in [-0.2, -0.15) is 0 Å². The number of benzene rings is 1. The van der Waals surface area contributed by atoms with Crippen molar-refractivity contribution in [3.63, 3.8) is 0 Å². The number of aryl methyl sites for hydroxylation is 1. The molecule has 5 nitrogen and oxygen atoms in total. The Bertz CT molecular complexity index is 898. The number of nitrogens with zero attached hydrogens (tertiary/aromatic N) is 2. The van der Waals surface area contributed by atoms with Crippen molar-refractivity contribution < 1.29 is 9.59 Å². The molecule has 0 bridgehead atoms. The highest BCUT2D eigenvalue weighted by molar-refractivity contribution is 7.15. The summed E-state index contributed by atoms with van der Waals surface area (Å²) in [6, 6.07) is 9.80. The fraction of sp³-hybridized carbons (Fsp3) is 0.435. The van der Waals surface area contributed by atoms with E-state index >= 15 is 0 Å². The number of aromatic nitrogens is 1. The fourth-order valence-electron chi connectivity index (χ4n) is 4.00. The van der Waals surface area contributed by atoms with E-state index in [4.69, 9.17) is 0 Å². The number of piperidine rings is 1. The molecule has 2 aliphatic rings. The van der Waals surface area contributed by atoms with E-state index in [0.717, 1.165) is 29.2 Å². The summed E-state index contributed by atoms with van der Waals surface area (Å²) in [6.07, 6.45) is 8.11. The number of rotatable bonds is 4. The summed E-state index contributed by atoms with van der Waals surface area (Å²) in [5.74, 6) is 0.687. The number of nitrogens with one attached hydrogen (secondary N) is 1. The van der Waals surface area contributed by atoms with E-state index in [0.29, 0.717) is 31.8 Å². The molecule has 0 spiro atoms. The topological polar surface area (TPSA) is 62.3 Å². The van der Waals surface area contributed by atoms with Gasteiger partial charge in [-0.1, -0.05) is 37.3 Å². The van der Waals surface area contributed by atoms with Gasteiger partial charge in [-0.15, -0.1) is 11.3 Å². The SMILES string of the molecule is CC1CCc2nc(NC(=O)C3CCN(C(=O)/C=C/c4ccccc4)CC3)sc2C1. The molecular weight excluding hydrogens is 382 g/mol. The highest BCUT2D eigenvalue weighted by Gasteiger charge is 2.28. The van der Waals surface area contributed by atoms with Crippen LogP contribution < -0.4 is 5.32 Å². The number of carbonyl (C=O) groups excluding carboxylic acids is 2. The zero-order valence-electron chi connectivity index (χ0n) is 16.8. The zero-order chi connectivity index (χ0) is 20.2. The smallest absolute Gasteiger partial charge is 0.246 e. The number of carbonyl (C=O) groups is 2. The first-order valence-electron chi connectivity index (χ1n) is 10.4. The largest absolute Gasteiger partial charge is 0.339 e. The second kappa shape index (κ2) is 8.91. The average molecular weight is 410 g/mol. The van der Waals surface area contributed by atoms with Crippen LogP contribution in [0, 0.1) is 11.8 Å². The van der Waals surface area contributed by atoms with Gasteiger partial charge in [-0.05, 0) is 49.7 Å². The van der Waals surface area contributed by atoms with Crippen molar-refractivity contribution in [1.29, 1.82) is 0 Å². The Kier molecular flexibility index (Phi) is 6.09. The highest BCUT2D eigenvalue weighted by atomic mass is 32.1. The summed E-state index contributed by atoms with van der Waals surface area (Å²) >= 11 is 1.62. The Hall–Kier alpha value is -2.47. The number of anilines is 1. The Morgan fingerprint density at radius 3 is 2.69 bits per heavy atom. The first-order chi connectivity index (χ1) is 14.1. The van der Waals surface area contributed by atoms with Crippen LogP contribution in [0.1, 0.15) is 42.3 Å². The number of hydrogen-bond acceptors (Lipinski definition) is 4. The molecule has 1 aliphatic heterocycles. The van der Waals surface area contributed by atoms with E-state index in [2.05, 4.69) is 17.2 Å². The average Bonchev–Trinajstić information content (AvgIpc) is 3.14. The summed E-state index contributed by atoms with van der Waals surface area (Å²) in [5, 5.41) is 3.76. The van der Waals surface area contributed by atoms with Gasteiger partial charge in [0.1, 0.15) is 0 Å². The number of thiazole rings is 1. The lowest BCUT2D eigenvalue weighted by Crippen LogP contribution is -2.40. The summed E-state index contributed by atoms with van der Waals surface area (Å²) in [6.45, 7) is 3.49. The molecule has 2 amide bonds. The van der Waals surface area contributed by atoms with Crippen molar-refractivity contribution >= 4 is 34.4 Å². The summed E-state index contributed by atoms with van der Waals surface area (Å²) in [4.78, 5) is 32.9. The van der Waals surface area contributed by atoms with Crippen molar-refractivity contribution in [1.82, 2.24) is 9.88 Å². The normalized spacial score (nSPS) is 19.9. The molecule has 1 saturated heterocycles. The maximum Gasteiger partial charge on any atom is 0.246 e. The molecule has 1 aromatic carbocycles. The van der Waals surface area contributed by atoms with Crippen molar-refractivity contribution in [2.75, 3.05) is 18.4 Å². The maximum atomic E-state index is 12.7. The molecule has 1 unspecified atom stereocenters. The summed E-state index contributed by atoms with van der Waals surface area (Å²) in [7, 11) is 0. The minimum atomic E-state index is -0.0583. The van der Waals surface area contributed by atoms with Gasteiger partial charge in [-0.25, -0.2) is 4.98 Å². The molecule has 0 radical (unpaired) electrons. The number of amides is 2. The molecule has 29 heavy (non-hydrogen) atoms. The van der Waals surface area contributed by atoms with E-state index in [-0.39, 0.29) is 17.7 Å². The van der Waals surface area contributed by atoms with Crippen LogP contribution in [0.2, 0.25) is 0 Å². The molecule has 1 N–H and O–H groups in total. The second-order valence-corrected chi connectivity index (χ2v) is 9.15. The standard InChI is InChI=1S/C23H27N3O2S/c1-16-7-9-19-20(15-16)29-23(24-19)25-22(28)18-11-13-26(14-12-18)21(27)10-8-17-5-3-2-4-6-17/h2-6,8,10,16,18H,7,9,11-15H2,1H3,(H,24,25,28)/b10-8+. The molecule has 0 saturated carbocycles. The number of fused-ring (bicyclic) bond motifs is 1. The van der Waals surface area contributed by atoms with E-state index in [1.54, 1.807) is 17.4 Å². The van der Waals surface area contributed by atoms with Crippen molar-refractivity contribution in [3.05, 3.63) is 52.5 Å². The highest BCUT2D eigenvalue weighted by Crippen LogP contribution is 2.32. The van der Waals surface area contributed by atoms with E-state index in [1.807, 2.05) is 41.3 Å². The van der Waals surface area contributed by atoms with Crippen molar-refractivity contribution in [2.45, 2.75) is 39.0 Å². The van der Waals surface area contributed by atoms with Crippen LogP contribution in [0.15, 0.2) is 36.4 Å². The number of hydrogen-bond donors (Lipinski definition) is 1. The Morgan fingerprint density at radius 2 is 1.93 bits per heavy atom. The molecular formula is C23H27N3O2S. The molecule has 6 heteroatoms. The molecule has 1 aromatic heterocycles. The first-order valence-corrected chi connectivity index (χ1v) is 11.2. The van der Waals surface area contributed by atoms with Crippen LogP contribution in [0.5, 0.6) is 0 Å². The number of likely N-dealkylation sites (tertiary alicyclic amines) is 1. The van der Waals surface area contributed by atoms with E-state index < -0.39 is 0 Å². The third kappa shape index (κ3) is 4.93. The third-order valence-electron chi connectivity index (χ3n) is 5.81. The predicted octanol–water partition coefficient (Wildman–Crippen LogP) is 4.16. The Balaban J connectivity index is 1.27. The van der Waals surface area contributed by atoms with Crippen LogP contribution in [-0.4, -0.2) is 34.8 Å². The Labute approximate surface area is 175 Å². The van der Waals surface area contributed by atoms with E-state index in [9.17, 15) is 9.59 Å². The van der Waals surface area contributed by atoms with Crippen LogP contribution in [0.4, 0.5) is 5.13 Å². The van der Waals surface area contributed by atoms with Gasteiger partial charge < -0.3 is 10.2 Å². The minimum Gasteiger partial charge on any atom is -0.339 e. The maximum absolute atomic E-state index is 12.7. The molecule has 1 fully saturated rings. The van der Waals surface area contributed by atoms with Gasteiger partial charge in [0.25, 0.3) is 0 Å². The lowest BCUT2D eigenvalue weighted by atomic mass is 9.93. The van der Waals surface area contributed by atoms with Gasteiger partial charge in [0.15, 0.2) is 5.13 Å². The van der Waals surface area contributed by atoms with Gasteiger partial charge in [0.2, 0.25) is 11.8 Å². The molecule has 1 atom stereocenters. The first kappa shape index (κ1) is 19.8. The molecule has 2 heterocycles. The molecule has 152 valence electrons. The van der Waals surface area contributed by atoms with Crippen LogP contribution in [0.3, 0.4) is 0 Å². The monoisotopic (exact) mass is 409 g/mol. The predicted molar refractivity (Wildman–Crippen MR) is 117 cm³/mol. The second-order valence-electron chi connectivity index (χ2n) is 8.07. The fourth-order valence-corrected chi connectivity index (χ4v) is 5.17. The minimum absolute atomic E-state index is 0.00873. The summed E-state index contributed by atoms with van der Waals surface area (Å²) < 4.78 is 0. The molecule has 1 aliphatic carbocycles. The molecule has 2 aromatic rings. The van der Waals surface area contributed by atoms with Gasteiger partial charge in [0.05, 0.1) is 5.69 Å². The van der Waals surface area contributed by atoms with Gasteiger partial charge in [0, 0.05) is 30.0 Å². The Morgan fingerprint density at radius 1 is 1.17 bits per heavy atom. The quantitative estimate of drug-likeness (QED) is 0.772. The van der Waals surface area contributed by atoms with Crippen LogP contribution in [-0.2, 0) is 22.4 Å². The van der Waals surface area contributed by atoms with Crippen LogP contribution in [0.25, 0.3) is 6.08 Å². The third-order valence-corrected chi connectivity index (χ3v) is 6.85. The van der Waals surface area contributed by atoms with Crippen molar-refractivity contribution in [3.8, 4) is 0 Å². The molecule has 4 rings (SSSR count).